The summed E-state index contributed by atoms with van der Waals surface area (Å²) in [6.07, 6.45) is 0. The van der Waals surface area contributed by atoms with Crippen molar-refractivity contribution < 1.29 is 10.0 Å². The molecule has 0 saturated heterocycles. The van der Waals surface area contributed by atoms with Crippen LogP contribution in [0.15, 0.2) is 66.7 Å². The lowest BCUT2D eigenvalue weighted by Gasteiger charge is -2.04. The number of imidazole rings is 1. The average molecular weight is 331 g/mol. The van der Waals surface area contributed by atoms with E-state index in [0.29, 0.717) is 28.0 Å². The van der Waals surface area contributed by atoms with Crippen LogP contribution in [0.1, 0.15) is 0 Å². The van der Waals surface area contributed by atoms with E-state index < -0.39 is 4.92 Å². The first-order chi connectivity index (χ1) is 12.1. The van der Waals surface area contributed by atoms with Crippen LogP contribution in [0.25, 0.3) is 33.5 Å². The molecule has 6 nitrogen and oxygen atoms in total. The number of nitro groups is 1. The number of phenols is 1. The van der Waals surface area contributed by atoms with E-state index in [1.807, 2.05) is 30.3 Å². The van der Waals surface area contributed by atoms with E-state index in [-0.39, 0.29) is 11.4 Å². The monoisotopic (exact) mass is 331 g/mol. The number of nitrogens with one attached hydrogen (secondary N) is 1. The Labute approximate surface area is 142 Å². The fraction of sp³-hybridized carbons (Fsp3) is 0. The summed E-state index contributed by atoms with van der Waals surface area (Å²) in [6.45, 7) is 0. The van der Waals surface area contributed by atoms with Crippen LogP contribution in [0, 0.1) is 10.1 Å². The first kappa shape index (κ1) is 14.9. The molecule has 0 spiro atoms. The summed E-state index contributed by atoms with van der Waals surface area (Å²) >= 11 is 0. The van der Waals surface area contributed by atoms with E-state index in [4.69, 9.17) is 0 Å². The van der Waals surface area contributed by atoms with Crippen molar-refractivity contribution in [3.05, 3.63) is 76.8 Å². The molecule has 0 saturated carbocycles. The normalized spacial score (nSPS) is 10.9. The van der Waals surface area contributed by atoms with E-state index >= 15 is 0 Å². The molecule has 25 heavy (non-hydrogen) atoms. The lowest BCUT2D eigenvalue weighted by atomic mass is 10.0. The summed E-state index contributed by atoms with van der Waals surface area (Å²) in [5.74, 6) is 0.741. The molecule has 0 radical (unpaired) electrons. The van der Waals surface area contributed by atoms with Crippen LogP contribution in [0.2, 0.25) is 0 Å². The minimum Gasteiger partial charge on any atom is -0.508 e. The summed E-state index contributed by atoms with van der Waals surface area (Å²) in [7, 11) is 0. The molecule has 4 aromatic rings. The second-order valence-corrected chi connectivity index (χ2v) is 5.65. The van der Waals surface area contributed by atoms with Gasteiger partial charge in [-0.15, -0.1) is 0 Å². The number of aromatic hydroxyl groups is 1. The van der Waals surface area contributed by atoms with Gasteiger partial charge in [-0.25, -0.2) is 4.98 Å². The van der Waals surface area contributed by atoms with Gasteiger partial charge in [0.1, 0.15) is 11.6 Å². The van der Waals surface area contributed by atoms with Gasteiger partial charge in [-0.1, -0.05) is 42.5 Å². The van der Waals surface area contributed by atoms with Crippen molar-refractivity contribution in [1.82, 2.24) is 9.97 Å². The van der Waals surface area contributed by atoms with Gasteiger partial charge >= 0.3 is 0 Å². The van der Waals surface area contributed by atoms with Crippen molar-refractivity contribution >= 4 is 16.7 Å². The lowest BCUT2D eigenvalue weighted by Crippen LogP contribution is -1.88. The maximum atomic E-state index is 11.0. The molecule has 0 unspecified atom stereocenters. The van der Waals surface area contributed by atoms with Crippen molar-refractivity contribution in [2.24, 2.45) is 0 Å². The number of fused-ring (bicyclic) bond motifs is 1. The quantitative estimate of drug-likeness (QED) is 0.427. The number of H-pyrrole nitrogens is 1. The number of aromatic nitrogens is 2. The highest BCUT2D eigenvalue weighted by molar-refractivity contribution is 5.95. The third kappa shape index (κ3) is 2.70. The van der Waals surface area contributed by atoms with Gasteiger partial charge in [-0.3, -0.25) is 10.1 Å². The maximum absolute atomic E-state index is 11.0. The summed E-state index contributed by atoms with van der Waals surface area (Å²) in [4.78, 5) is 18.4. The van der Waals surface area contributed by atoms with Gasteiger partial charge in [-0.2, -0.15) is 0 Å². The van der Waals surface area contributed by atoms with E-state index in [9.17, 15) is 15.2 Å². The molecular formula is C19H13N3O3. The predicted molar refractivity (Wildman–Crippen MR) is 95.3 cm³/mol. The topological polar surface area (TPSA) is 92.0 Å². The second-order valence-electron chi connectivity index (χ2n) is 5.65. The van der Waals surface area contributed by atoms with Crippen LogP contribution >= 0.6 is 0 Å². The van der Waals surface area contributed by atoms with Crippen LogP contribution in [-0.2, 0) is 0 Å². The molecule has 122 valence electrons. The number of phenolic OH excluding ortho intramolecular Hbond substituents is 1. The Balaban J connectivity index is 1.93. The molecule has 0 aliphatic heterocycles. The molecule has 0 fully saturated rings. The molecule has 4 rings (SSSR count). The highest BCUT2D eigenvalue weighted by Gasteiger charge is 2.14. The summed E-state index contributed by atoms with van der Waals surface area (Å²) in [6, 6.07) is 19.1. The van der Waals surface area contributed by atoms with Gasteiger partial charge in [0, 0.05) is 29.3 Å². The second kappa shape index (κ2) is 5.76. The number of rotatable bonds is 3. The maximum Gasteiger partial charge on any atom is 0.270 e. The Morgan fingerprint density at radius 1 is 0.960 bits per heavy atom. The Morgan fingerprint density at radius 3 is 2.48 bits per heavy atom. The van der Waals surface area contributed by atoms with Gasteiger partial charge < -0.3 is 10.1 Å². The minimum absolute atomic E-state index is 0.00666. The smallest absolute Gasteiger partial charge is 0.270 e. The van der Waals surface area contributed by atoms with Crippen molar-refractivity contribution in [2.75, 3.05) is 0 Å². The zero-order chi connectivity index (χ0) is 17.4. The van der Waals surface area contributed by atoms with Crippen LogP contribution in [-0.4, -0.2) is 20.0 Å². The highest BCUT2D eigenvalue weighted by atomic mass is 16.6. The molecule has 1 aromatic heterocycles. The molecule has 0 aliphatic rings. The minimum atomic E-state index is -0.441. The van der Waals surface area contributed by atoms with Crippen molar-refractivity contribution in [2.45, 2.75) is 0 Å². The number of nitrogens with zero attached hydrogens (tertiary/aromatic N) is 2. The highest BCUT2D eigenvalue weighted by Crippen LogP contribution is 2.34. The fourth-order valence-electron chi connectivity index (χ4n) is 2.84. The Hall–Kier alpha value is -3.67. The van der Waals surface area contributed by atoms with Crippen LogP contribution in [0.4, 0.5) is 5.69 Å². The summed E-state index contributed by atoms with van der Waals surface area (Å²) in [5, 5.41) is 21.1. The van der Waals surface area contributed by atoms with Crippen molar-refractivity contribution in [1.29, 1.82) is 0 Å². The van der Waals surface area contributed by atoms with Gasteiger partial charge in [-0.05, 0) is 11.6 Å². The fourth-order valence-corrected chi connectivity index (χ4v) is 2.84. The van der Waals surface area contributed by atoms with Gasteiger partial charge in [0.25, 0.3) is 5.69 Å². The number of non-ortho nitro benzene ring substituents is 1. The summed E-state index contributed by atoms with van der Waals surface area (Å²) in [5.41, 5.74) is 3.49. The van der Waals surface area contributed by atoms with Gasteiger partial charge in [0.15, 0.2) is 0 Å². The molecular weight excluding hydrogens is 318 g/mol. The van der Waals surface area contributed by atoms with E-state index in [1.54, 1.807) is 24.3 Å². The molecule has 0 atom stereocenters. The number of nitro benzene ring substituents is 1. The molecule has 0 amide bonds. The number of benzene rings is 3. The first-order valence-corrected chi connectivity index (χ1v) is 7.65. The predicted octanol–water partition coefficient (Wildman–Crippen LogP) is 4.51. The lowest BCUT2D eigenvalue weighted by molar-refractivity contribution is -0.384. The SMILES string of the molecule is O=[N+]([O-])c1cccc(-c2cc(O)cc3[nH]c(-c4ccccc4)nc23)c1. The van der Waals surface area contributed by atoms with Gasteiger partial charge in [0.2, 0.25) is 0 Å². The largest absolute Gasteiger partial charge is 0.508 e. The number of hydrogen-bond donors (Lipinski definition) is 2. The molecule has 0 aliphatic carbocycles. The van der Waals surface area contributed by atoms with Crippen LogP contribution in [0.3, 0.4) is 0 Å². The molecule has 0 bridgehead atoms. The summed E-state index contributed by atoms with van der Waals surface area (Å²) < 4.78 is 0. The average Bonchev–Trinajstić information content (AvgIpc) is 3.05. The third-order valence-electron chi connectivity index (χ3n) is 3.99. The van der Waals surface area contributed by atoms with E-state index in [0.717, 1.165) is 5.56 Å². The first-order valence-electron chi connectivity index (χ1n) is 7.65. The third-order valence-corrected chi connectivity index (χ3v) is 3.99. The Kier molecular flexibility index (Phi) is 3.43. The molecule has 3 aromatic carbocycles. The molecule has 6 heteroatoms. The number of hydrogen-bond acceptors (Lipinski definition) is 4. The standard InChI is InChI=1S/C19H13N3O3/c23-15-10-16(13-7-4-8-14(9-13)22(24)25)18-17(11-15)20-19(21-18)12-5-2-1-3-6-12/h1-11,23H,(H,20,21). The van der Waals surface area contributed by atoms with Gasteiger partial charge in [0.05, 0.1) is 16.0 Å². The number of aromatic amines is 1. The zero-order valence-electron chi connectivity index (χ0n) is 13.0. The van der Waals surface area contributed by atoms with Crippen LogP contribution < -0.4 is 0 Å². The molecule has 1 heterocycles. The van der Waals surface area contributed by atoms with E-state index in [2.05, 4.69) is 9.97 Å². The van der Waals surface area contributed by atoms with Crippen molar-refractivity contribution in [3.8, 4) is 28.3 Å². The zero-order valence-corrected chi connectivity index (χ0v) is 13.0. The van der Waals surface area contributed by atoms with E-state index in [1.165, 1.54) is 12.1 Å². The molecule has 2 N–H and O–H groups in total. The Bertz CT molecular complexity index is 1090. The Morgan fingerprint density at radius 2 is 1.72 bits per heavy atom. The van der Waals surface area contributed by atoms with Crippen molar-refractivity contribution in [3.63, 3.8) is 0 Å². The van der Waals surface area contributed by atoms with Crippen LogP contribution in [0.5, 0.6) is 5.75 Å².